The Bertz CT molecular complexity index is 359. The highest BCUT2D eigenvalue weighted by atomic mass is 35.5. The van der Waals surface area contributed by atoms with Gasteiger partial charge in [0.05, 0.1) is 6.04 Å². The van der Waals surface area contributed by atoms with Crippen molar-refractivity contribution < 1.29 is 0 Å². The molecule has 1 rings (SSSR count). The van der Waals surface area contributed by atoms with Crippen LogP contribution in [0.15, 0.2) is 23.2 Å². The van der Waals surface area contributed by atoms with E-state index in [1.807, 2.05) is 13.0 Å². The molecule has 0 bridgehead atoms. The number of guanidine groups is 1. The van der Waals surface area contributed by atoms with Crippen LogP contribution in [0.1, 0.15) is 18.5 Å². The molecule has 0 aliphatic rings. The van der Waals surface area contributed by atoms with E-state index >= 15 is 0 Å². The van der Waals surface area contributed by atoms with E-state index in [1.165, 1.54) is 0 Å². The van der Waals surface area contributed by atoms with Crippen LogP contribution < -0.4 is 11.5 Å². The van der Waals surface area contributed by atoms with Gasteiger partial charge in [0.2, 0.25) is 0 Å². The number of rotatable bonds is 2. The molecule has 3 nitrogen and oxygen atoms in total. The molecule has 0 amide bonds. The van der Waals surface area contributed by atoms with Crippen molar-refractivity contribution in [3.63, 3.8) is 0 Å². The van der Waals surface area contributed by atoms with Gasteiger partial charge in [0.1, 0.15) is 0 Å². The lowest BCUT2D eigenvalue weighted by atomic mass is 10.1. The Labute approximate surface area is 92.7 Å². The number of nitrogens with zero attached hydrogens (tertiary/aromatic N) is 1. The van der Waals surface area contributed by atoms with Gasteiger partial charge in [-0.15, -0.1) is 0 Å². The summed E-state index contributed by atoms with van der Waals surface area (Å²) in [6.45, 7) is 1.86. The van der Waals surface area contributed by atoms with Crippen molar-refractivity contribution in [3.05, 3.63) is 33.8 Å². The van der Waals surface area contributed by atoms with Crippen LogP contribution in [0.2, 0.25) is 10.0 Å². The van der Waals surface area contributed by atoms with E-state index in [1.54, 1.807) is 12.1 Å². The number of halogens is 2. The number of hydrogen-bond acceptors (Lipinski definition) is 1. The zero-order valence-electron chi connectivity index (χ0n) is 7.67. The molecule has 0 radical (unpaired) electrons. The van der Waals surface area contributed by atoms with Crippen molar-refractivity contribution in [2.24, 2.45) is 16.5 Å². The fourth-order valence-corrected chi connectivity index (χ4v) is 1.70. The van der Waals surface area contributed by atoms with Crippen LogP contribution in [0.25, 0.3) is 0 Å². The van der Waals surface area contributed by atoms with Crippen molar-refractivity contribution in [2.75, 3.05) is 0 Å². The lowest BCUT2D eigenvalue weighted by Gasteiger charge is -2.09. The van der Waals surface area contributed by atoms with E-state index in [2.05, 4.69) is 4.99 Å². The number of benzene rings is 1. The topological polar surface area (TPSA) is 64.4 Å². The van der Waals surface area contributed by atoms with Gasteiger partial charge in [0.15, 0.2) is 5.96 Å². The fourth-order valence-electron chi connectivity index (χ4n) is 1.13. The Morgan fingerprint density at radius 2 is 2.00 bits per heavy atom. The van der Waals surface area contributed by atoms with Gasteiger partial charge < -0.3 is 11.5 Å². The molecule has 0 saturated heterocycles. The van der Waals surface area contributed by atoms with Crippen molar-refractivity contribution in [1.29, 1.82) is 0 Å². The summed E-state index contributed by atoms with van der Waals surface area (Å²) in [7, 11) is 0. The summed E-state index contributed by atoms with van der Waals surface area (Å²) in [5, 5.41) is 1.16. The second-order valence-electron chi connectivity index (χ2n) is 2.90. The second kappa shape index (κ2) is 4.53. The van der Waals surface area contributed by atoms with Crippen LogP contribution in [0.4, 0.5) is 0 Å². The smallest absolute Gasteiger partial charge is 0.186 e. The van der Waals surface area contributed by atoms with Crippen LogP contribution in [-0.4, -0.2) is 5.96 Å². The molecule has 0 fully saturated rings. The van der Waals surface area contributed by atoms with Gasteiger partial charge in [-0.3, -0.25) is 0 Å². The Balaban J connectivity index is 3.02. The normalized spacial score (nSPS) is 12.2. The molecule has 0 aliphatic carbocycles. The van der Waals surface area contributed by atoms with Gasteiger partial charge in [0.25, 0.3) is 0 Å². The highest BCUT2D eigenvalue weighted by Gasteiger charge is 2.08. The summed E-state index contributed by atoms with van der Waals surface area (Å²) in [6, 6.07) is 5.06. The van der Waals surface area contributed by atoms with E-state index in [0.29, 0.717) is 10.0 Å². The Hall–Kier alpha value is -0.930. The highest BCUT2D eigenvalue weighted by Crippen LogP contribution is 2.27. The minimum atomic E-state index is -0.162. The molecular weight excluding hydrogens is 221 g/mol. The number of nitrogens with two attached hydrogens (primary N) is 2. The van der Waals surface area contributed by atoms with Crippen LogP contribution in [0, 0.1) is 0 Å². The summed E-state index contributed by atoms with van der Waals surface area (Å²) in [5.74, 6) is 0.0449. The molecular formula is C9H11Cl2N3. The van der Waals surface area contributed by atoms with Crippen LogP contribution in [-0.2, 0) is 0 Å². The molecule has 0 aliphatic heterocycles. The van der Waals surface area contributed by atoms with Gasteiger partial charge in [-0.25, -0.2) is 4.99 Å². The first-order valence-electron chi connectivity index (χ1n) is 4.04. The predicted octanol–water partition coefficient (Wildman–Crippen LogP) is 2.33. The number of hydrogen-bond donors (Lipinski definition) is 2. The zero-order chi connectivity index (χ0) is 10.7. The van der Waals surface area contributed by atoms with E-state index in [0.717, 1.165) is 5.56 Å². The molecule has 1 aromatic rings. The van der Waals surface area contributed by atoms with Crippen LogP contribution in [0.3, 0.4) is 0 Å². The molecule has 1 atom stereocenters. The molecule has 0 saturated carbocycles. The molecule has 1 unspecified atom stereocenters. The second-order valence-corrected chi connectivity index (χ2v) is 3.74. The van der Waals surface area contributed by atoms with Crippen LogP contribution in [0.5, 0.6) is 0 Å². The maximum Gasteiger partial charge on any atom is 0.186 e. The fraction of sp³-hybridized carbons (Fsp3) is 0.222. The van der Waals surface area contributed by atoms with Crippen molar-refractivity contribution in [3.8, 4) is 0 Å². The van der Waals surface area contributed by atoms with E-state index in [4.69, 9.17) is 34.7 Å². The van der Waals surface area contributed by atoms with Gasteiger partial charge in [0, 0.05) is 10.0 Å². The average Bonchev–Trinajstić information content (AvgIpc) is 2.01. The largest absolute Gasteiger partial charge is 0.370 e. The molecule has 5 heteroatoms. The van der Waals surface area contributed by atoms with E-state index in [-0.39, 0.29) is 12.0 Å². The molecule has 14 heavy (non-hydrogen) atoms. The SMILES string of the molecule is CC(N=C(N)N)c1ccc(Cl)cc1Cl. The maximum absolute atomic E-state index is 5.97. The number of aliphatic imine (C=N–C) groups is 1. The Morgan fingerprint density at radius 3 is 2.50 bits per heavy atom. The predicted molar refractivity (Wildman–Crippen MR) is 60.7 cm³/mol. The monoisotopic (exact) mass is 231 g/mol. The first-order valence-corrected chi connectivity index (χ1v) is 4.80. The summed E-state index contributed by atoms with van der Waals surface area (Å²) in [5.41, 5.74) is 11.4. The van der Waals surface area contributed by atoms with Gasteiger partial charge in [-0.1, -0.05) is 29.3 Å². The lowest BCUT2D eigenvalue weighted by Crippen LogP contribution is -2.23. The first-order chi connectivity index (χ1) is 6.50. The van der Waals surface area contributed by atoms with Crippen molar-refractivity contribution >= 4 is 29.2 Å². The Morgan fingerprint density at radius 1 is 1.36 bits per heavy atom. The average molecular weight is 232 g/mol. The third-order valence-electron chi connectivity index (χ3n) is 1.76. The molecule has 4 N–H and O–H groups in total. The quantitative estimate of drug-likeness (QED) is 0.607. The summed E-state index contributed by atoms with van der Waals surface area (Å²) in [4.78, 5) is 3.98. The third-order valence-corrected chi connectivity index (χ3v) is 2.32. The Kier molecular flexibility index (Phi) is 3.61. The standard InChI is InChI=1S/C9H11Cl2N3/c1-5(14-9(12)13)7-3-2-6(10)4-8(7)11/h2-5H,1H3,(H4,12,13,14). The van der Waals surface area contributed by atoms with E-state index < -0.39 is 0 Å². The highest BCUT2D eigenvalue weighted by molar-refractivity contribution is 6.35. The molecule has 1 aromatic carbocycles. The zero-order valence-corrected chi connectivity index (χ0v) is 9.18. The summed E-state index contributed by atoms with van der Waals surface area (Å²) in [6.07, 6.45) is 0. The lowest BCUT2D eigenvalue weighted by molar-refractivity contribution is 0.816. The maximum atomic E-state index is 5.97. The molecule has 0 heterocycles. The minimum absolute atomic E-state index is 0.0449. The minimum Gasteiger partial charge on any atom is -0.370 e. The molecule has 76 valence electrons. The van der Waals surface area contributed by atoms with Crippen LogP contribution >= 0.6 is 23.2 Å². The molecule has 0 aromatic heterocycles. The third kappa shape index (κ3) is 2.79. The summed E-state index contributed by atoms with van der Waals surface area (Å²) < 4.78 is 0. The van der Waals surface area contributed by atoms with E-state index in [9.17, 15) is 0 Å². The molecule has 0 spiro atoms. The van der Waals surface area contributed by atoms with Gasteiger partial charge in [-0.2, -0.15) is 0 Å². The van der Waals surface area contributed by atoms with Gasteiger partial charge >= 0.3 is 0 Å². The van der Waals surface area contributed by atoms with Crippen molar-refractivity contribution in [1.82, 2.24) is 0 Å². The van der Waals surface area contributed by atoms with Crippen molar-refractivity contribution in [2.45, 2.75) is 13.0 Å². The first kappa shape index (κ1) is 11.1. The van der Waals surface area contributed by atoms with Gasteiger partial charge in [-0.05, 0) is 24.6 Å². The summed E-state index contributed by atoms with van der Waals surface area (Å²) >= 11 is 11.7.